The van der Waals surface area contributed by atoms with Crippen LogP contribution in [-0.4, -0.2) is 68.7 Å². The second-order valence-corrected chi connectivity index (χ2v) is 11.9. The molecular formula is C31H42N4O7. The molecule has 1 unspecified atom stereocenters. The van der Waals surface area contributed by atoms with E-state index in [2.05, 4.69) is 11.8 Å². The normalized spacial score (nSPS) is 28.2. The van der Waals surface area contributed by atoms with Crippen LogP contribution >= 0.6 is 0 Å². The number of ketones is 3. The molecule has 4 heterocycles. The Hall–Kier alpha value is -3.18. The highest BCUT2D eigenvalue weighted by Gasteiger charge is 2.54. The van der Waals surface area contributed by atoms with Crippen molar-refractivity contribution < 1.29 is 33.4 Å². The van der Waals surface area contributed by atoms with E-state index in [0.717, 1.165) is 73.8 Å². The fraction of sp³-hybridized carbons (Fsp3) is 0.677. The highest BCUT2D eigenvalue weighted by Crippen LogP contribution is 2.43. The largest absolute Gasteiger partial charge is 0.447 e. The average molecular weight is 583 g/mol. The summed E-state index contributed by atoms with van der Waals surface area (Å²) in [6.45, 7) is 9.37. The van der Waals surface area contributed by atoms with Gasteiger partial charge in [-0.2, -0.15) is 10.1 Å². The Morgan fingerprint density at radius 1 is 0.881 bits per heavy atom. The summed E-state index contributed by atoms with van der Waals surface area (Å²) in [5.74, 6) is -4.77. The summed E-state index contributed by atoms with van der Waals surface area (Å²) in [6.07, 6.45) is 4.30. The summed E-state index contributed by atoms with van der Waals surface area (Å²) in [6, 6.07) is 0.222. The van der Waals surface area contributed by atoms with Crippen molar-refractivity contribution in [3.63, 3.8) is 0 Å². The molecule has 5 rings (SSSR count). The summed E-state index contributed by atoms with van der Waals surface area (Å²) in [4.78, 5) is 58.1. The topological polar surface area (TPSA) is 130 Å². The zero-order valence-electron chi connectivity index (χ0n) is 25.5. The summed E-state index contributed by atoms with van der Waals surface area (Å²) in [5, 5.41) is 6.07. The number of Topliss-reactive ketones (excluding diaryl/α,β-unsaturated/α-hetero) is 3. The Bertz CT molecular complexity index is 1400. The summed E-state index contributed by atoms with van der Waals surface area (Å²) < 4.78 is 19.7. The third kappa shape index (κ3) is 5.48. The summed E-state index contributed by atoms with van der Waals surface area (Å²) >= 11 is 0. The number of ether oxygens (including phenoxy) is 3. The van der Waals surface area contributed by atoms with Gasteiger partial charge in [0.05, 0.1) is 23.6 Å². The van der Waals surface area contributed by atoms with Gasteiger partial charge >= 0.3 is 5.97 Å². The van der Waals surface area contributed by atoms with E-state index in [1.54, 1.807) is 4.68 Å². The van der Waals surface area contributed by atoms with Gasteiger partial charge in [0.2, 0.25) is 18.5 Å². The predicted molar refractivity (Wildman–Crippen MR) is 153 cm³/mol. The number of aromatic nitrogens is 3. The quantitative estimate of drug-likeness (QED) is 0.425. The Labute approximate surface area is 246 Å². The molecule has 0 radical (unpaired) electrons. The van der Waals surface area contributed by atoms with Crippen molar-refractivity contribution >= 4 is 34.4 Å². The highest BCUT2D eigenvalue weighted by atomic mass is 16.8. The molecule has 0 bridgehead atoms. The van der Waals surface area contributed by atoms with Crippen molar-refractivity contribution in [1.29, 1.82) is 0 Å². The van der Waals surface area contributed by atoms with Crippen molar-refractivity contribution in [2.24, 2.45) is 24.8 Å². The Morgan fingerprint density at radius 3 is 2.14 bits per heavy atom. The maximum Gasteiger partial charge on any atom is 0.304 e. The van der Waals surface area contributed by atoms with Crippen molar-refractivity contribution in [3.8, 4) is 5.88 Å². The van der Waals surface area contributed by atoms with Crippen LogP contribution in [0.4, 0.5) is 0 Å². The van der Waals surface area contributed by atoms with E-state index in [-0.39, 0.29) is 17.6 Å². The third-order valence-electron chi connectivity index (χ3n) is 9.16. The second-order valence-electron chi connectivity index (χ2n) is 11.9. The minimum Gasteiger partial charge on any atom is -0.447 e. The van der Waals surface area contributed by atoms with Crippen LogP contribution in [0.5, 0.6) is 5.88 Å². The molecule has 11 heteroatoms. The van der Waals surface area contributed by atoms with Crippen LogP contribution in [-0.2, 0) is 48.5 Å². The molecule has 0 spiro atoms. The molecule has 11 nitrogen and oxygen atoms in total. The number of likely N-dealkylation sites (tertiary alicyclic amines) is 1. The molecule has 6 atom stereocenters. The van der Waals surface area contributed by atoms with Crippen molar-refractivity contribution in [3.05, 3.63) is 16.8 Å². The van der Waals surface area contributed by atoms with Gasteiger partial charge in [0.15, 0.2) is 5.65 Å². The first-order valence-electron chi connectivity index (χ1n) is 15.2. The number of aryl methyl sites for hydroxylation is 2. The zero-order chi connectivity index (χ0) is 30.3. The molecule has 42 heavy (non-hydrogen) atoms. The predicted octanol–water partition coefficient (Wildman–Crippen LogP) is 3.63. The van der Waals surface area contributed by atoms with E-state index in [4.69, 9.17) is 24.3 Å². The van der Waals surface area contributed by atoms with Gasteiger partial charge in [-0.1, -0.05) is 13.3 Å². The number of piperidine rings is 1. The third-order valence-corrected chi connectivity index (χ3v) is 9.16. The monoisotopic (exact) mass is 582 g/mol. The molecule has 1 aliphatic carbocycles. The van der Waals surface area contributed by atoms with E-state index in [1.807, 2.05) is 7.05 Å². The van der Waals surface area contributed by atoms with Crippen LogP contribution in [0.1, 0.15) is 89.6 Å². The number of nitrogens with zero attached hydrogens (tertiary/aromatic N) is 4. The first kappa shape index (κ1) is 30.3. The lowest BCUT2D eigenvalue weighted by molar-refractivity contribution is -0.277. The molecule has 3 aliphatic rings. The van der Waals surface area contributed by atoms with E-state index in [0.29, 0.717) is 11.5 Å². The number of esters is 1. The van der Waals surface area contributed by atoms with Crippen LogP contribution in [0.2, 0.25) is 0 Å². The van der Waals surface area contributed by atoms with E-state index in [1.165, 1.54) is 34.1 Å². The van der Waals surface area contributed by atoms with Gasteiger partial charge in [0.25, 0.3) is 0 Å². The number of fused-ring (bicyclic) bond motifs is 3. The first-order chi connectivity index (χ1) is 20.0. The van der Waals surface area contributed by atoms with E-state index in [9.17, 15) is 19.2 Å². The molecule has 0 aromatic carbocycles. The van der Waals surface area contributed by atoms with Crippen molar-refractivity contribution in [2.75, 3.05) is 13.1 Å². The number of carbonyl (C=O) groups is 4. The van der Waals surface area contributed by atoms with Crippen LogP contribution in [0.15, 0.2) is 0 Å². The fourth-order valence-corrected chi connectivity index (χ4v) is 7.28. The number of carbonyl (C=O) groups excluding carboxylic acids is 4. The number of hydrogen-bond donors (Lipinski definition) is 0. The van der Waals surface area contributed by atoms with E-state index < -0.39 is 42.1 Å². The van der Waals surface area contributed by atoms with Gasteiger partial charge < -0.3 is 14.2 Å². The lowest BCUT2D eigenvalue weighted by Gasteiger charge is -2.43. The number of hydrogen-bond acceptors (Lipinski definition) is 10. The molecule has 0 N–H and O–H groups in total. The molecule has 2 aromatic rings. The average Bonchev–Trinajstić information content (AvgIpc) is 3.27. The molecule has 2 aliphatic heterocycles. The maximum atomic E-state index is 13.0. The van der Waals surface area contributed by atoms with Crippen LogP contribution in [0.3, 0.4) is 0 Å². The van der Waals surface area contributed by atoms with Crippen LogP contribution in [0.25, 0.3) is 11.0 Å². The minimum atomic E-state index is -1.37. The molecule has 2 fully saturated rings. The number of pyridine rings is 1. The smallest absolute Gasteiger partial charge is 0.304 e. The lowest BCUT2D eigenvalue weighted by Crippen LogP contribution is -2.57. The number of rotatable bonds is 8. The fourth-order valence-electron chi connectivity index (χ4n) is 7.28. The Kier molecular flexibility index (Phi) is 8.80. The van der Waals surface area contributed by atoms with Crippen molar-refractivity contribution in [1.82, 2.24) is 19.7 Å². The van der Waals surface area contributed by atoms with Gasteiger partial charge in [0.1, 0.15) is 17.3 Å². The Morgan fingerprint density at radius 2 is 1.52 bits per heavy atom. The van der Waals surface area contributed by atoms with E-state index >= 15 is 0 Å². The second kappa shape index (κ2) is 12.2. The summed E-state index contributed by atoms with van der Waals surface area (Å²) in [7, 11) is 1.88. The lowest BCUT2D eigenvalue weighted by atomic mass is 9.73. The van der Waals surface area contributed by atoms with Gasteiger partial charge in [-0.05, 0) is 77.9 Å². The van der Waals surface area contributed by atoms with Gasteiger partial charge in [-0.15, -0.1) is 0 Å². The molecule has 0 saturated carbocycles. The van der Waals surface area contributed by atoms with Crippen LogP contribution in [0, 0.1) is 17.8 Å². The minimum absolute atomic E-state index is 0.222. The molecule has 2 aromatic heterocycles. The standard InChI is InChI=1S/C31H42N4O7/c1-7-35-15-11-10-14-22(35)27-26-20-12-8-9-13-21(20)29(32-28(26)34(6)33-27)41-31-25(18(4)38)23(16(2)36)24(17(3)37)30(42-31)40-19(5)39/h22-25,30-31H,7-15H2,1-6H3/t22?,23-,24+,25-,30-,31+/m1/s1. The molecule has 0 amide bonds. The Balaban J connectivity index is 1.61. The van der Waals surface area contributed by atoms with Gasteiger partial charge in [-0.3, -0.25) is 24.1 Å². The first-order valence-corrected chi connectivity index (χ1v) is 15.2. The SMILES string of the molecule is CCN1CCCCC1c1nn(C)c2nc(O[C@H]3O[C@@H](OC(C)=O)[C@@H](C(C)=O)[C@@H](C(C)=O)[C@H]3C(C)=O)c3c(c12)CCCC3. The van der Waals surface area contributed by atoms with Crippen molar-refractivity contribution in [2.45, 2.75) is 98.2 Å². The van der Waals surface area contributed by atoms with Gasteiger partial charge in [-0.25, -0.2) is 4.68 Å². The molecule has 2 saturated heterocycles. The zero-order valence-corrected chi connectivity index (χ0v) is 25.5. The van der Waals surface area contributed by atoms with Gasteiger partial charge in [0, 0.05) is 30.8 Å². The maximum absolute atomic E-state index is 13.0. The van der Waals surface area contributed by atoms with Crippen LogP contribution < -0.4 is 4.74 Å². The molecular weight excluding hydrogens is 540 g/mol. The molecule has 228 valence electrons. The summed E-state index contributed by atoms with van der Waals surface area (Å²) in [5.41, 5.74) is 3.85. The highest BCUT2D eigenvalue weighted by molar-refractivity contribution is 5.93.